The van der Waals surface area contributed by atoms with Gasteiger partial charge in [-0.1, -0.05) is 29.8 Å². The molecule has 128 valence electrons. The highest BCUT2D eigenvalue weighted by atomic mass is 35.5. The van der Waals surface area contributed by atoms with E-state index in [2.05, 4.69) is 15.2 Å². The zero-order valence-electron chi connectivity index (χ0n) is 13.6. The number of ether oxygens (including phenoxy) is 1. The Hall–Kier alpha value is -2.50. The summed E-state index contributed by atoms with van der Waals surface area (Å²) < 4.78 is 5.41. The van der Waals surface area contributed by atoms with E-state index in [0.29, 0.717) is 23.9 Å². The average molecular weight is 356 g/mol. The molecule has 2 N–H and O–H groups in total. The van der Waals surface area contributed by atoms with Crippen LogP contribution in [-0.2, 0) is 4.74 Å². The third-order valence-corrected chi connectivity index (χ3v) is 4.57. The van der Waals surface area contributed by atoms with E-state index in [1.807, 2.05) is 48.5 Å². The van der Waals surface area contributed by atoms with E-state index in [4.69, 9.17) is 16.3 Å². The van der Waals surface area contributed by atoms with Crippen LogP contribution < -0.4 is 10.2 Å². The predicted octanol–water partition coefficient (Wildman–Crippen LogP) is 3.91. The second-order valence-corrected chi connectivity index (χ2v) is 6.42. The van der Waals surface area contributed by atoms with Crippen LogP contribution in [0.15, 0.2) is 48.5 Å². The number of amides is 1. The van der Waals surface area contributed by atoms with Crippen LogP contribution in [0, 0.1) is 0 Å². The zero-order chi connectivity index (χ0) is 17.2. The lowest BCUT2D eigenvalue weighted by molar-refractivity contribution is 0.102. The monoisotopic (exact) mass is 355 g/mol. The lowest BCUT2D eigenvalue weighted by atomic mass is 10.2. The third-order valence-electron chi connectivity index (χ3n) is 4.33. The number of carbonyl (C=O) groups excluding carboxylic acids is 1. The Bertz CT molecular complexity index is 916. The normalized spacial score (nSPS) is 14.7. The molecule has 1 fully saturated rings. The number of hydrogen-bond donors (Lipinski definition) is 2. The molecule has 2 aromatic carbocycles. The number of aromatic nitrogens is 1. The fourth-order valence-electron chi connectivity index (χ4n) is 3.07. The van der Waals surface area contributed by atoms with Gasteiger partial charge in [0.05, 0.1) is 24.6 Å². The predicted molar refractivity (Wildman–Crippen MR) is 101 cm³/mol. The highest BCUT2D eigenvalue weighted by Crippen LogP contribution is 2.27. The van der Waals surface area contributed by atoms with Crippen LogP contribution in [-0.4, -0.2) is 37.2 Å². The van der Waals surface area contributed by atoms with Crippen molar-refractivity contribution in [3.63, 3.8) is 0 Å². The van der Waals surface area contributed by atoms with E-state index in [0.717, 1.165) is 35.4 Å². The van der Waals surface area contributed by atoms with Crippen molar-refractivity contribution in [3.05, 3.63) is 59.2 Å². The molecule has 0 atom stereocenters. The van der Waals surface area contributed by atoms with Crippen LogP contribution >= 0.6 is 11.6 Å². The number of aromatic amines is 1. The number of nitrogens with one attached hydrogen (secondary N) is 2. The van der Waals surface area contributed by atoms with Crippen LogP contribution in [0.3, 0.4) is 0 Å². The summed E-state index contributed by atoms with van der Waals surface area (Å²) in [6, 6.07) is 15.2. The maximum atomic E-state index is 12.7. The standard InChI is InChI=1S/C19H18ClN3O2/c20-14-6-5-13-11-17(21-16(13)12-14)19(24)22-15-3-1-2-4-18(15)23-7-9-25-10-8-23/h1-6,11-12,21H,7-10H2,(H,22,24). The second kappa shape index (κ2) is 6.78. The lowest BCUT2D eigenvalue weighted by Crippen LogP contribution is -2.36. The zero-order valence-corrected chi connectivity index (χ0v) is 14.3. The molecule has 1 aliphatic rings. The van der Waals surface area contributed by atoms with Crippen molar-refractivity contribution in [1.82, 2.24) is 4.98 Å². The van der Waals surface area contributed by atoms with Gasteiger partial charge in [0.2, 0.25) is 0 Å². The minimum atomic E-state index is -0.173. The van der Waals surface area contributed by atoms with Gasteiger partial charge >= 0.3 is 0 Å². The third kappa shape index (κ3) is 3.34. The minimum Gasteiger partial charge on any atom is -0.378 e. The van der Waals surface area contributed by atoms with Crippen molar-refractivity contribution in [2.45, 2.75) is 0 Å². The number of carbonyl (C=O) groups is 1. The van der Waals surface area contributed by atoms with Crippen molar-refractivity contribution in [2.24, 2.45) is 0 Å². The van der Waals surface area contributed by atoms with Crippen molar-refractivity contribution in [1.29, 1.82) is 0 Å². The molecule has 0 saturated carbocycles. The summed E-state index contributed by atoms with van der Waals surface area (Å²) in [4.78, 5) is 18.0. The summed E-state index contributed by atoms with van der Waals surface area (Å²) in [5, 5.41) is 4.61. The first-order chi connectivity index (χ1) is 12.2. The number of para-hydroxylation sites is 2. The fraction of sp³-hybridized carbons (Fsp3) is 0.211. The van der Waals surface area contributed by atoms with Gasteiger partial charge in [-0.15, -0.1) is 0 Å². The Kier molecular flexibility index (Phi) is 4.34. The maximum absolute atomic E-state index is 12.7. The molecule has 2 heterocycles. The van der Waals surface area contributed by atoms with Gasteiger partial charge in [-0.2, -0.15) is 0 Å². The summed E-state index contributed by atoms with van der Waals surface area (Å²) in [5.74, 6) is -0.173. The number of nitrogens with zero attached hydrogens (tertiary/aromatic N) is 1. The molecular formula is C19H18ClN3O2. The SMILES string of the molecule is O=C(Nc1ccccc1N1CCOCC1)c1cc2ccc(Cl)cc2[nH]1. The molecule has 0 unspecified atom stereocenters. The topological polar surface area (TPSA) is 57.4 Å². The highest BCUT2D eigenvalue weighted by molar-refractivity contribution is 6.31. The number of rotatable bonds is 3. The maximum Gasteiger partial charge on any atom is 0.272 e. The largest absolute Gasteiger partial charge is 0.378 e. The van der Waals surface area contributed by atoms with Crippen molar-refractivity contribution < 1.29 is 9.53 Å². The number of anilines is 2. The molecule has 4 rings (SSSR count). The molecule has 3 aromatic rings. The van der Waals surface area contributed by atoms with Crippen LogP contribution in [0.5, 0.6) is 0 Å². The van der Waals surface area contributed by atoms with Crippen molar-refractivity contribution in [2.75, 3.05) is 36.5 Å². The molecule has 0 spiro atoms. The van der Waals surface area contributed by atoms with E-state index in [1.54, 1.807) is 0 Å². The molecule has 0 radical (unpaired) electrons. The summed E-state index contributed by atoms with van der Waals surface area (Å²) in [5.41, 5.74) is 3.16. The molecule has 1 aromatic heterocycles. The molecule has 1 aliphatic heterocycles. The Morgan fingerprint density at radius 1 is 1.12 bits per heavy atom. The minimum absolute atomic E-state index is 0.173. The number of hydrogen-bond acceptors (Lipinski definition) is 3. The van der Waals surface area contributed by atoms with E-state index in [-0.39, 0.29) is 5.91 Å². The average Bonchev–Trinajstić information content (AvgIpc) is 3.06. The number of H-pyrrole nitrogens is 1. The van der Waals surface area contributed by atoms with Gasteiger partial charge in [-0.05, 0) is 30.3 Å². The Labute approximate surface area is 150 Å². The van der Waals surface area contributed by atoms with Crippen molar-refractivity contribution in [3.8, 4) is 0 Å². The first-order valence-electron chi connectivity index (χ1n) is 8.22. The Balaban J connectivity index is 1.59. The molecule has 1 amide bonds. The summed E-state index contributed by atoms with van der Waals surface area (Å²) in [6.45, 7) is 3.03. The molecule has 0 bridgehead atoms. The second-order valence-electron chi connectivity index (χ2n) is 5.99. The molecule has 25 heavy (non-hydrogen) atoms. The lowest BCUT2D eigenvalue weighted by Gasteiger charge is -2.30. The number of fused-ring (bicyclic) bond motifs is 1. The number of morpholine rings is 1. The molecule has 5 nitrogen and oxygen atoms in total. The first kappa shape index (κ1) is 16.0. The number of benzene rings is 2. The van der Waals surface area contributed by atoms with Gasteiger partial charge < -0.3 is 19.9 Å². The smallest absolute Gasteiger partial charge is 0.272 e. The molecule has 1 saturated heterocycles. The van der Waals surface area contributed by atoms with Crippen LogP contribution in [0.25, 0.3) is 10.9 Å². The summed E-state index contributed by atoms with van der Waals surface area (Å²) >= 11 is 6.01. The van der Waals surface area contributed by atoms with Crippen LogP contribution in [0.1, 0.15) is 10.5 Å². The molecular weight excluding hydrogens is 338 g/mol. The van der Waals surface area contributed by atoms with Gasteiger partial charge in [-0.25, -0.2) is 0 Å². The van der Waals surface area contributed by atoms with E-state index >= 15 is 0 Å². The van der Waals surface area contributed by atoms with Crippen LogP contribution in [0.4, 0.5) is 11.4 Å². The van der Waals surface area contributed by atoms with Crippen LogP contribution in [0.2, 0.25) is 5.02 Å². The Morgan fingerprint density at radius 3 is 2.76 bits per heavy atom. The Morgan fingerprint density at radius 2 is 1.92 bits per heavy atom. The quantitative estimate of drug-likeness (QED) is 0.749. The number of halogens is 1. The van der Waals surface area contributed by atoms with E-state index < -0.39 is 0 Å². The van der Waals surface area contributed by atoms with E-state index in [9.17, 15) is 4.79 Å². The van der Waals surface area contributed by atoms with E-state index in [1.165, 1.54) is 0 Å². The van der Waals surface area contributed by atoms with Gasteiger partial charge in [0, 0.05) is 29.0 Å². The first-order valence-corrected chi connectivity index (χ1v) is 8.60. The molecule has 6 heteroatoms. The van der Waals surface area contributed by atoms with Gasteiger partial charge in [0.1, 0.15) is 5.69 Å². The summed E-state index contributed by atoms with van der Waals surface area (Å²) in [7, 11) is 0. The van der Waals surface area contributed by atoms with Gasteiger partial charge in [0.15, 0.2) is 0 Å². The highest BCUT2D eigenvalue weighted by Gasteiger charge is 2.17. The van der Waals surface area contributed by atoms with Crippen molar-refractivity contribution >= 4 is 39.8 Å². The van der Waals surface area contributed by atoms with Gasteiger partial charge in [0.25, 0.3) is 5.91 Å². The van der Waals surface area contributed by atoms with Gasteiger partial charge in [-0.3, -0.25) is 4.79 Å². The fourth-order valence-corrected chi connectivity index (χ4v) is 3.24. The molecule has 0 aliphatic carbocycles. The summed E-state index contributed by atoms with van der Waals surface area (Å²) in [6.07, 6.45) is 0.